The van der Waals surface area contributed by atoms with E-state index >= 15 is 0 Å². The SMILES string of the molecule is CNC(C)c1cncc(-c2cc(C)ccc2OC)c1. The fourth-order valence-electron chi connectivity index (χ4n) is 2.06. The lowest BCUT2D eigenvalue weighted by Crippen LogP contribution is -2.12. The Bertz CT molecular complexity index is 566. The van der Waals surface area contributed by atoms with Crippen molar-refractivity contribution >= 4 is 0 Å². The van der Waals surface area contributed by atoms with Crippen LogP contribution in [0.5, 0.6) is 5.75 Å². The summed E-state index contributed by atoms with van der Waals surface area (Å²) in [6.07, 6.45) is 3.77. The minimum absolute atomic E-state index is 0.281. The summed E-state index contributed by atoms with van der Waals surface area (Å²) in [7, 11) is 3.65. The maximum atomic E-state index is 5.44. The molecule has 100 valence electrons. The molecule has 1 unspecified atom stereocenters. The van der Waals surface area contributed by atoms with E-state index in [0.717, 1.165) is 16.9 Å². The summed E-state index contributed by atoms with van der Waals surface area (Å²) in [5.41, 5.74) is 4.55. The predicted molar refractivity (Wildman–Crippen MR) is 78.4 cm³/mol. The van der Waals surface area contributed by atoms with Gasteiger partial charge < -0.3 is 10.1 Å². The lowest BCUT2D eigenvalue weighted by Gasteiger charge is -2.13. The van der Waals surface area contributed by atoms with Crippen molar-refractivity contribution in [2.45, 2.75) is 19.9 Å². The molecule has 1 atom stereocenters. The Balaban J connectivity index is 2.49. The Morgan fingerprint density at radius 2 is 2.00 bits per heavy atom. The average Bonchev–Trinajstić information content (AvgIpc) is 2.46. The molecule has 0 aliphatic carbocycles. The lowest BCUT2D eigenvalue weighted by atomic mass is 10.0. The predicted octanol–water partition coefficient (Wildman–Crippen LogP) is 3.35. The quantitative estimate of drug-likeness (QED) is 0.911. The van der Waals surface area contributed by atoms with E-state index in [1.54, 1.807) is 7.11 Å². The number of pyridine rings is 1. The number of hydrogen-bond donors (Lipinski definition) is 1. The standard InChI is InChI=1S/C16H20N2O/c1-11-5-6-16(19-4)15(7-11)14-8-13(9-18-10-14)12(2)17-3/h5-10,12,17H,1-4H3. The number of rotatable bonds is 4. The van der Waals surface area contributed by atoms with Gasteiger partial charge in [-0.3, -0.25) is 4.98 Å². The van der Waals surface area contributed by atoms with Crippen molar-refractivity contribution in [2.24, 2.45) is 0 Å². The number of nitrogens with one attached hydrogen (secondary N) is 1. The number of hydrogen-bond acceptors (Lipinski definition) is 3. The first-order valence-corrected chi connectivity index (χ1v) is 6.43. The summed E-state index contributed by atoms with van der Waals surface area (Å²) >= 11 is 0. The Morgan fingerprint density at radius 1 is 1.21 bits per heavy atom. The van der Waals surface area contributed by atoms with Crippen LogP contribution in [0.2, 0.25) is 0 Å². The summed E-state index contributed by atoms with van der Waals surface area (Å²) in [5.74, 6) is 0.877. The van der Waals surface area contributed by atoms with E-state index in [9.17, 15) is 0 Å². The molecule has 1 N–H and O–H groups in total. The van der Waals surface area contributed by atoms with E-state index in [0.29, 0.717) is 0 Å². The molecular weight excluding hydrogens is 236 g/mol. The van der Waals surface area contributed by atoms with Crippen LogP contribution in [-0.2, 0) is 0 Å². The van der Waals surface area contributed by atoms with Gasteiger partial charge in [-0.1, -0.05) is 11.6 Å². The number of nitrogens with zero attached hydrogens (tertiary/aromatic N) is 1. The first kappa shape index (κ1) is 13.6. The number of aryl methyl sites for hydroxylation is 1. The van der Waals surface area contributed by atoms with Crippen molar-refractivity contribution in [1.29, 1.82) is 0 Å². The first-order chi connectivity index (χ1) is 9.15. The fraction of sp³-hybridized carbons (Fsp3) is 0.312. The minimum Gasteiger partial charge on any atom is -0.496 e. The maximum absolute atomic E-state index is 5.44. The van der Waals surface area contributed by atoms with Crippen LogP contribution in [0.3, 0.4) is 0 Å². The highest BCUT2D eigenvalue weighted by molar-refractivity contribution is 5.71. The Morgan fingerprint density at radius 3 is 2.68 bits per heavy atom. The molecule has 0 radical (unpaired) electrons. The number of ether oxygens (including phenoxy) is 1. The van der Waals surface area contributed by atoms with Crippen molar-refractivity contribution in [3.05, 3.63) is 47.8 Å². The zero-order valence-electron chi connectivity index (χ0n) is 11.9. The van der Waals surface area contributed by atoms with E-state index in [-0.39, 0.29) is 6.04 Å². The van der Waals surface area contributed by atoms with Gasteiger partial charge in [-0.2, -0.15) is 0 Å². The molecule has 0 bridgehead atoms. The molecule has 19 heavy (non-hydrogen) atoms. The smallest absolute Gasteiger partial charge is 0.126 e. The lowest BCUT2D eigenvalue weighted by molar-refractivity contribution is 0.416. The summed E-state index contributed by atoms with van der Waals surface area (Å²) < 4.78 is 5.44. The molecule has 0 saturated carbocycles. The molecule has 0 saturated heterocycles. The Kier molecular flexibility index (Phi) is 4.17. The Labute approximate surface area is 114 Å². The van der Waals surface area contributed by atoms with Crippen molar-refractivity contribution in [2.75, 3.05) is 14.2 Å². The average molecular weight is 256 g/mol. The molecule has 0 amide bonds. The minimum atomic E-state index is 0.281. The monoisotopic (exact) mass is 256 g/mol. The van der Waals surface area contributed by atoms with Crippen LogP contribution in [0.4, 0.5) is 0 Å². The Hall–Kier alpha value is -1.87. The van der Waals surface area contributed by atoms with E-state index in [4.69, 9.17) is 4.74 Å². The second kappa shape index (κ2) is 5.85. The van der Waals surface area contributed by atoms with Gasteiger partial charge >= 0.3 is 0 Å². The van der Waals surface area contributed by atoms with Gasteiger partial charge in [0, 0.05) is 29.6 Å². The van der Waals surface area contributed by atoms with E-state index in [2.05, 4.69) is 42.3 Å². The molecule has 3 nitrogen and oxygen atoms in total. The van der Waals surface area contributed by atoms with Crippen molar-refractivity contribution in [3.63, 3.8) is 0 Å². The van der Waals surface area contributed by atoms with E-state index < -0.39 is 0 Å². The second-order valence-corrected chi connectivity index (χ2v) is 4.72. The summed E-state index contributed by atoms with van der Waals surface area (Å²) in [4.78, 5) is 4.34. The number of benzene rings is 1. The molecule has 0 spiro atoms. The van der Waals surface area contributed by atoms with Crippen LogP contribution >= 0.6 is 0 Å². The van der Waals surface area contributed by atoms with Crippen LogP contribution in [0.25, 0.3) is 11.1 Å². The van der Waals surface area contributed by atoms with Gasteiger partial charge in [0.2, 0.25) is 0 Å². The van der Waals surface area contributed by atoms with Gasteiger partial charge in [-0.15, -0.1) is 0 Å². The third-order valence-electron chi connectivity index (χ3n) is 3.36. The molecule has 0 aliphatic heterocycles. The molecule has 1 aromatic carbocycles. The molecule has 0 fully saturated rings. The van der Waals surface area contributed by atoms with Gasteiger partial charge in [-0.05, 0) is 44.7 Å². The number of methoxy groups -OCH3 is 1. The fourth-order valence-corrected chi connectivity index (χ4v) is 2.06. The van der Waals surface area contributed by atoms with E-state index in [1.807, 2.05) is 25.5 Å². The van der Waals surface area contributed by atoms with Crippen molar-refractivity contribution in [3.8, 4) is 16.9 Å². The first-order valence-electron chi connectivity index (χ1n) is 6.43. The second-order valence-electron chi connectivity index (χ2n) is 4.72. The molecule has 2 rings (SSSR count). The van der Waals surface area contributed by atoms with Crippen LogP contribution < -0.4 is 10.1 Å². The summed E-state index contributed by atoms with van der Waals surface area (Å²) in [6, 6.07) is 8.62. The van der Waals surface area contributed by atoms with Crippen LogP contribution in [0, 0.1) is 6.92 Å². The van der Waals surface area contributed by atoms with Gasteiger partial charge in [0.25, 0.3) is 0 Å². The van der Waals surface area contributed by atoms with Crippen LogP contribution in [-0.4, -0.2) is 19.1 Å². The summed E-state index contributed by atoms with van der Waals surface area (Å²) in [5, 5.41) is 3.23. The van der Waals surface area contributed by atoms with Crippen molar-refractivity contribution in [1.82, 2.24) is 10.3 Å². The highest BCUT2D eigenvalue weighted by Gasteiger charge is 2.09. The third-order valence-corrected chi connectivity index (χ3v) is 3.36. The molecule has 2 aromatic rings. The molecular formula is C16H20N2O. The normalized spacial score (nSPS) is 12.2. The molecule has 3 heteroatoms. The maximum Gasteiger partial charge on any atom is 0.126 e. The third kappa shape index (κ3) is 2.93. The number of aromatic nitrogens is 1. The van der Waals surface area contributed by atoms with Gasteiger partial charge in [0.15, 0.2) is 0 Å². The topological polar surface area (TPSA) is 34.2 Å². The zero-order chi connectivity index (χ0) is 13.8. The molecule has 1 heterocycles. The van der Waals surface area contributed by atoms with Gasteiger partial charge in [-0.25, -0.2) is 0 Å². The molecule has 0 aliphatic rings. The van der Waals surface area contributed by atoms with Crippen molar-refractivity contribution < 1.29 is 4.74 Å². The van der Waals surface area contributed by atoms with Crippen LogP contribution in [0.15, 0.2) is 36.7 Å². The van der Waals surface area contributed by atoms with Gasteiger partial charge in [0.05, 0.1) is 7.11 Å². The highest BCUT2D eigenvalue weighted by atomic mass is 16.5. The summed E-state index contributed by atoms with van der Waals surface area (Å²) in [6.45, 7) is 4.20. The van der Waals surface area contributed by atoms with Gasteiger partial charge in [0.1, 0.15) is 5.75 Å². The highest BCUT2D eigenvalue weighted by Crippen LogP contribution is 2.31. The molecule has 1 aromatic heterocycles. The zero-order valence-corrected chi connectivity index (χ0v) is 11.9. The van der Waals surface area contributed by atoms with Crippen LogP contribution in [0.1, 0.15) is 24.1 Å². The van der Waals surface area contributed by atoms with E-state index in [1.165, 1.54) is 11.1 Å². The largest absolute Gasteiger partial charge is 0.496 e.